The van der Waals surface area contributed by atoms with Gasteiger partial charge in [-0.05, 0) is 42.2 Å². The molecular formula is C14H16F3N3S. The van der Waals surface area contributed by atoms with Crippen LogP contribution in [0.25, 0.3) is 0 Å². The van der Waals surface area contributed by atoms with E-state index in [-0.39, 0.29) is 12.0 Å². The van der Waals surface area contributed by atoms with Gasteiger partial charge in [0.1, 0.15) is 0 Å². The van der Waals surface area contributed by atoms with Crippen LogP contribution < -0.4 is 5.32 Å². The lowest BCUT2D eigenvalue weighted by molar-refractivity contribution is -0.137. The molecule has 1 unspecified atom stereocenters. The van der Waals surface area contributed by atoms with Gasteiger partial charge in [0.05, 0.1) is 22.2 Å². The quantitative estimate of drug-likeness (QED) is 0.927. The Morgan fingerprint density at radius 1 is 1.24 bits per heavy atom. The van der Waals surface area contributed by atoms with Crippen molar-refractivity contribution in [1.82, 2.24) is 14.9 Å². The predicted molar refractivity (Wildman–Crippen MR) is 76.3 cm³/mol. The summed E-state index contributed by atoms with van der Waals surface area (Å²) >= 11 is 1.21. The van der Waals surface area contributed by atoms with Crippen LogP contribution in [-0.4, -0.2) is 16.6 Å². The van der Waals surface area contributed by atoms with E-state index >= 15 is 0 Å². The first-order chi connectivity index (χ1) is 9.84. The van der Waals surface area contributed by atoms with Gasteiger partial charge in [0.2, 0.25) is 0 Å². The third-order valence-corrected chi connectivity index (χ3v) is 3.99. The molecule has 0 bridgehead atoms. The lowest BCUT2D eigenvalue weighted by Crippen LogP contribution is -2.19. The van der Waals surface area contributed by atoms with Gasteiger partial charge >= 0.3 is 6.18 Å². The molecule has 0 saturated carbocycles. The molecule has 0 radical (unpaired) electrons. The lowest BCUT2D eigenvalue weighted by atomic mass is 9.98. The van der Waals surface area contributed by atoms with E-state index in [0.29, 0.717) is 5.56 Å². The number of aromatic nitrogens is 2. The predicted octanol–water partition coefficient (Wildman–Crippen LogP) is 3.99. The topological polar surface area (TPSA) is 37.8 Å². The summed E-state index contributed by atoms with van der Waals surface area (Å²) in [6.07, 6.45) is -4.35. The molecule has 1 aromatic carbocycles. The molecule has 7 heteroatoms. The lowest BCUT2D eigenvalue weighted by Gasteiger charge is -2.18. The molecule has 0 saturated heterocycles. The van der Waals surface area contributed by atoms with Crippen molar-refractivity contribution in [3.05, 3.63) is 46.0 Å². The molecule has 0 aliphatic rings. The highest BCUT2D eigenvalue weighted by Crippen LogP contribution is 2.34. The zero-order valence-electron chi connectivity index (χ0n) is 11.9. The molecule has 0 aliphatic carbocycles. The first-order valence-corrected chi connectivity index (χ1v) is 7.28. The normalized spacial score (nSPS) is 13.7. The maximum Gasteiger partial charge on any atom is 0.416 e. The molecule has 114 valence electrons. The van der Waals surface area contributed by atoms with Gasteiger partial charge in [-0.1, -0.05) is 30.5 Å². The van der Waals surface area contributed by atoms with Crippen LogP contribution in [0.1, 0.15) is 47.5 Å². The van der Waals surface area contributed by atoms with Gasteiger partial charge < -0.3 is 5.32 Å². The average Bonchev–Trinajstić information content (AvgIpc) is 2.88. The Bertz CT molecular complexity index is 608. The van der Waals surface area contributed by atoms with Gasteiger partial charge in [0, 0.05) is 0 Å². The summed E-state index contributed by atoms with van der Waals surface area (Å²) in [7, 11) is 1.72. The largest absolute Gasteiger partial charge is 0.416 e. The number of nitrogens with one attached hydrogen (secondary N) is 1. The maximum absolute atomic E-state index is 12.8. The van der Waals surface area contributed by atoms with Crippen molar-refractivity contribution < 1.29 is 13.2 Å². The minimum Gasteiger partial charge on any atom is -0.309 e. The molecule has 0 aliphatic heterocycles. The molecule has 2 rings (SSSR count). The third-order valence-electron chi connectivity index (χ3n) is 3.19. The van der Waals surface area contributed by atoms with E-state index in [1.165, 1.54) is 23.7 Å². The fourth-order valence-corrected chi connectivity index (χ4v) is 3.09. The molecule has 0 amide bonds. The summed E-state index contributed by atoms with van der Waals surface area (Å²) in [5.41, 5.74) is 0.723. The van der Waals surface area contributed by atoms with E-state index in [4.69, 9.17) is 0 Å². The van der Waals surface area contributed by atoms with Crippen molar-refractivity contribution in [2.75, 3.05) is 7.05 Å². The molecule has 21 heavy (non-hydrogen) atoms. The monoisotopic (exact) mass is 315 g/mol. The first-order valence-electron chi connectivity index (χ1n) is 6.51. The van der Waals surface area contributed by atoms with Crippen molar-refractivity contribution >= 4 is 11.5 Å². The second-order valence-corrected chi connectivity index (χ2v) is 5.81. The molecular weight excluding hydrogens is 299 g/mol. The van der Waals surface area contributed by atoms with Gasteiger partial charge in [-0.3, -0.25) is 0 Å². The van der Waals surface area contributed by atoms with E-state index in [0.717, 1.165) is 16.6 Å². The zero-order valence-corrected chi connectivity index (χ0v) is 12.7. The van der Waals surface area contributed by atoms with Gasteiger partial charge in [-0.15, -0.1) is 5.10 Å². The summed E-state index contributed by atoms with van der Waals surface area (Å²) in [5.74, 6) is 0.167. The van der Waals surface area contributed by atoms with Crippen molar-refractivity contribution in [3.63, 3.8) is 0 Å². The Labute approximate surface area is 125 Å². The second kappa shape index (κ2) is 6.11. The van der Waals surface area contributed by atoms with Gasteiger partial charge in [0.15, 0.2) is 0 Å². The van der Waals surface area contributed by atoms with Gasteiger partial charge in [-0.25, -0.2) is 0 Å². The molecule has 1 N–H and O–H groups in total. The van der Waals surface area contributed by atoms with E-state index < -0.39 is 11.7 Å². The Morgan fingerprint density at radius 2 is 1.95 bits per heavy atom. The highest BCUT2D eigenvalue weighted by molar-refractivity contribution is 7.05. The fourth-order valence-electron chi connectivity index (χ4n) is 2.15. The molecule has 1 atom stereocenters. The smallest absolute Gasteiger partial charge is 0.309 e. The van der Waals surface area contributed by atoms with E-state index in [2.05, 4.69) is 14.9 Å². The number of rotatable bonds is 4. The van der Waals surface area contributed by atoms with E-state index in [1.54, 1.807) is 13.1 Å². The molecule has 2 aromatic rings. The Morgan fingerprint density at radius 3 is 2.52 bits per heavy atom. The summed E-state index contributed by atoms with van der Waals surface area (Å²) in [4.78, 5) is 0.854. The first kappa shape index (κ1) is 15.9. The van der Waals surface area contributed by atoms with Crippen LogP contribution in [-0.2, 0) is 6.18 Å². The number of benzene rings is 1. The maximum atomic E-state index is 12.8. The molecule has 0 fully saturated rings. The van der Waals surface area contributed by atoms with E-state index in [9.17, 15) is 13.2 Å². The Hall–Kier alpha value is -1.47. The fraction of sp³-hybridized carbons (Fsp3) is 0.429. The van der Waals surface area contributed by atoms with Gasteiger partial charge in [-0.2, -0.15) is 13.2 Å². The number of halogens is 3. The molecule has 0 spiro atoms. The highest BCUT2D eigenvalue weighted by atomic mass is 32.1. The van der Waals surface area contributed by atoms with Crippen molar-refractivity contribution in [3.8, 4) is 0 Å². The number of hydrogen-bond acceptors (Lipinski definition) is 4. The minimum atomic E-state index is -4.35. The van der Waals surface area contributed by atoms with Crippen molar-refractivity contribution in [1.29, 1.82) is 0 Å². The number of alkyl halides is 3. The number of nitrogens with zero attached hydrogens (tertiary/aromatic N) is 2. The van der Waals surface area contributed by atoms with Gasteiger partial charge in [0.25, 0.3) is 0 Å². The Balaban J connectivity index is 2.45. The van der Waals surface area contributed by atoms with Crippen LogP contribution in [0.3, 0.4) is 0 Å². The second-order valence-electron chi connectivity index (χ2n) is 5.02. The van der Waals surface area contributed by atoms with Crippen LogP contribution in [0.5, 0.6) is 0 Å². The van der Waals surface area contributed by atoms with Crippen LogP contribution >= 0.6 is 11.5 Å². The highest BCUT2D eigenvalue weighted by Gasteiger charge is 2.31. The summed E-state index contributed by atoms with van der Waals surface area (Å²) in [5, 5.41) is 7.15. The molecule has 3 nitrogen and oxygen atoms in total. The summed E-state index contributed by atoms with van der Waals surface area (Å²) in [6, 6.07) is 5.01. The van der Waals surface area contributed by atoms with Crippen LogP contribution in [0.4, 0.5) is 13.2 Å². The standard InChI is InChI=1S/C14H16F3N3S/c1-8(2)11-13(21-20-19-11)12(18-3)9-5-4-6-10(7-9)14(15,16)17/h4-8,12,18H,1-3H3. The zero-order chi connectivity index (χ0) is 15.6. The third kappa shape index (κ3) is 3.41. The van der Waals surface area contributed by atoms with Crippen LogP contribution in [0.15, 0.2) is 24.3 Å². The van der Waals surface area contributed by atoms with Crippen LogP contribution in [0, 0.1) is 0 Å². The average molecular weight is 315 g/mol. The van der Waals surface area contributed by atoms with E-state index in [1.807, 2.05) is 13.8 Å². The van der Waals surface area contributed by atoms with Crippen molar-refractivity contribution in [2.45, 2.75) is 32.0 Å². The molecule has 1 aromatic heterocycles. The van der Waals surface area contributed by atoms with Crippen LogP contribution in [0.2, 0.25) is 0 Å². The number of hydrogen-bond donors (Lipinski definition) is 1. The Kier molecular flexibility index (Phi) is 4.63. The molecule has 1 heterocycles. The summed E-state index contributed by atoms with van der Waals surface area (Å²) < 4.78 is 42.5. The van der Waals surface area contributed by atoms with Crippen molar-refractivity contribution in [2.24, 2.45) is 0 Å². The minimum absolute atomic E-state index is 0.167. The SMILES string of the molecule is CNC(c1cccc(C(F)(F)F)c1)c1snnc1C(C)C. The summed E-state index contributed by atoms with van der Waals surface area (Å²) in [6.45, 7) is 3.97.